The number of ether oxygens (including phenoxy) is 1. The fourth-order valence-electron chi connectivity index (χ4n) is 3.26. The Labute approximate surface area is 117 Å². The Kier molecular flexibility index (Phi) is 3.87. The maximum absolute atomic E-state index is 13.2. The Hall–Kier alpha value is -1.23. The highest BCUT2D eigenvalue weighted by Crippen LogP contribution is 2.33. The summed E-state index contributed by atoms with van der Waals surface area (Å²) >= 11 is 0. The zero-order chi connectivity index (χ0) is 14.1. The van der Waals surface area contributed by atoms with Crippen LogP contribution in [0.15, 0.2) is 23.8 Å². The summed E-state index contributed by atoms with van der Waals surface area (Å²) in [5.41, 5.74) is 0.529. The van der Waals surface area contributed by atoms with Crippen molar-refractivity contribution in [2.45, 2.75) is 25.2 Å². The standard InChI is InChI=1S/C15H19F2NO2/c16-13-2-1-10(7-14(13)17)9-20-15(19)12-8-18-5-3-11(12)4-6-18/h1-2,7,11-14H,3-6,8-9H2. The van der Waals surface area contributed by atoms with Gasteiger partial charge < -0.3 is 9.64 Å². The number of alkyl halides is 2. The number of fused-ring (bicyclic) bond motifs is 3. The molecule has 0 amide bonds. The van der Waals surface area contributed by atoms with E-state index in [9.17, 15) is 13.6 Å². The Balaban J connectivity index is 1.53. The van der Waals surface area contributed by atoms with Crippen LogP contribution in [-0.2, 0) is 9.53 Å². The van der Waals surface area contributed by atoms with E-state index in [1.807, 2.05) is 0 Å². The van der Waals surface area contributed by atoms with Crippen molar-refractivity contribution in [2.75, 3.05) is 26.2 Å². The maximum atomic E-state index is 13.2. The van der Waals surface area contributed by atoms with E-state index in [2.05, 4.69) is 4.90 Å². The average Bonchev–Trinajstić information content (AvgIpc) is 2.49. The van der Waals surface area contributed by atoms with Crippen molar-refractivity contribution in [1.82, 2.24) is 4.90 Å². The van der Waals surface area contributed by atoms with E-state index in [0.29, 0.717) is 11.5 Å². The SMILES string of the molecule is O=C(OCC1=CC(F)C(F)C=C1)C1CN2CCC1CC2. The Morgan fingerprint density at radius 2 is 2.05 bits per heavy atom. The van der Waals surface area contributed by atoms with Crippen LogP contribution >= 0.6 is 0 Å². The molecule has 2 bridgehead atoms. The van der Waals surface area contributed by atoms with Crippen LogP contribution in [0.2, 0.25) is 0 Å². The van der Waals surface area contributed by atoms with E-state index < -0.39 is 12.3 Å². The molecule has 3 heterocycles. The highest BCUT2D eigenvalue weighted by atomic mass is 19.2. The molecule has 3 aliphatic heterocycles. The lowest BCUT2D eigenvalue weighted by Crippen LogP contribution is -2.50. The van der Waals surface area contributed by atoms with Gasteiger partial charge in [0.25, 0.3) is 0 Å². The molecule has 0 aromatic heterocycles. The number of hydrogen-bond donors (Lipinski definition) is 0. The molecule has 3 atom stereocenters. The number of allylic oxidation sites excluding steroid dienone is 2. The van der Waals surface area contributed by atoms with Crippen molar-refractivity contribution in [2.24, 2.45) is 11.8 Å². The first-order valence-electron chi connectivity index (χ1n) is 7.19. The van der Waals surface area contributed by atoms with Gasteiger partial charge in [-0.25, -0.2) is 8.78 Å². The van der Waals surface area contributed by atoms with Gasteiger partial charge in [0.05, 0.1) is 5.92 Å². The van der Waals surface area contributed by atoms with Gasteiger partial charge in [0.1, 0.15) is 6.61 Å². The number of hydrogen-bond acceptors (Lipinski definition) is 3. The lowest BCUT2D eigenvalue weighted by atomic mass is 9.79. The van der Waals surface area contributed by atoms with Crippen LogP contribution in [-0.4, -0.2) is 49.5 Å². The van der Waals surface area contributed by atoms with Gasteiger partial charge in [0.15, 0.2) is 12.3 Å². The number of nitrogens with zero attached hydrogens (tertiary/aromatic N) is 1. The maximum Gasteiger partial charge on any atom is 0.310 e. The second-order valence-corrected chi connectivity index (χ2v) is 5.84. The second-order valence-electron chi connectivity index (χ2n) is 5.84. The Bertz CT molecular complexity index is 441. The van der Waals surface area contributed by atoms with E-state index in [1.54, 1.807) is 0 Å². The van der Waals surface area contributed by atoms with Crippen molar-refractivity contribution >= 4 is 5.97 Å². The molecular weight excluding hydrogens is 264 g/mol. The molecule has 1 aliphatic carbocycles. The molecule has 3 nitrogen and oxygen atoms in total. The molecule has 4 rings (SSSR count). The summed E-state index contributed by atoms with van der Waals surface area (Å²) in [5, 5.41) is 0. The number of carbonyl (C=O) groups is 1. The highest BCUT2D eigenvalue weighted by molar-refractivity contribution is 5.73. The van der Waals surface area contributed by atoms with Crippen LogP contribution in [0, 0.1) is 11.8 Å². The predicted molar refractivity (Wildman–Crippen MR) is 70.6 cm³/mol. The van der Waals surface area contributed by atoms with E-state index in [-0.39, 0.29) is 18.5 Å². The van der Waals surface area contributed by atoms with Gasteiger partial charge in [0, 0.05) is 6.54 Å². The number of esters is 1. The minimum Gasteiger partial charge on any atom is -0.461 e. The minimum absolute atomic E-state index is 0.0334. The van der Waals surface area contributed by atoms with Gasteiger partial charge in [-0.2, -0.15) is 0 Å². The molecule has 0 radical (unpaired) electrons. The minimum atomic E-state index is -1.63. The van der Waals surface area contributed by atoms with Crippen LogP contribution in [0.4, 0.5) is 8.78 Å². The average molecular weight is 283 g/mol. The molecule has 0 spiro atoms. The van der Waals surface area contributed by atoms with E-state index in [0.717, 1.165) is 32.5 Å². The molecule has 20 heavy (non-hydrogen) atoms. The molecule has 3 saturated heterocycles. The zero-order valence-electron chi connectivity index (χ0n) is 11.3. The van der Waals surface area contributed by atoms with Crippen molar-refractivity contribution in [1.29, 1.82) is 0 Å². The van der Waals surface area contributed by atoms with Crippen LogP contribution in [0.25, 0.3) is 0 Å². The first-order chi connectivity index (χ1) is 9.63. The third-order valence-electron chi connectivity index (χ3n) is 4.51. The molecule has 0 aromatic rings. The monoisotopic (exact) mass is 283 g/mol. The topological polar surface area (TPSA) is 29.5 Å². The number of carbonyl (C=O) groups excluding carboxylic acids is 1. The molecule has 4 aliphatic rings. The number of piperidine rings is 3. The molecular formula is C15H19F2NO2. The molecule has 110 valence electrons. The van der Waals surface area contributed by atoms with Gasteiger partial charge in [-0.05, 0) is 49.6 Å². The molecule has 3 unspecified atom stereocenters. The van der Waals surface area contributed by atoms with Crippen molar-refractivity contribution < 1.29 is 18.3 Å². The third-order valence-corrected chi connectivity index (χ3v) is 4.51. The van der Waals surface area contributed by atoms with Crippen molar-refractivity contribution in [3.8, 4) is 0 Å². The third kappa shape index (κ3) is 2.77. The van der Waals surface area contributed by atoms with Gasteiger partial charge >= 0.3 is 5.97 Å². The second kappa shape index (κ2) is 5.64. The summed E-state index contributed by atoms with van der Waals surface area (Å²) in [4.78, 5) is 14.4. The fraction of sp³-hybridized carbons (Fsp3) is 0.667. The molecule has 5 heteroatoms. The molecule has 0 saturated carbocycles. The normalized spacial score (nSPS) is 39.5. The molecule has 0 aromatic carbocycles. The van der Waals surface area contributed by atoms with E-state index >= 15 is 0 Å². The summed E-state index contributed by atoms with van der Waals surface area (Å²) < 4.78 is 31.4. The van der Waals surface area contributed by atoms with Crippen LogP contribution in [0.5, 0.6) is 0 Å². The van der Waals surface area contributed by atoms with Gasteiger partial charge in [-0.15, -0.1) is 0 Å². The zero-order valence-corrected chi connectivity index (χ0v) is 11.3. The van der Waals surface area contributed by atoms with E-state index in [1.165, 1.54) is 18.2 Å². The lowest BCUT2D eigenvalue weighted by molar-refractivity contribution is -0.154. The summed E-state index contributed by atoms with van der Waals surface area (Å²) in [6.45, 7) is 2.95. The quantitative estimate of drug-likeness (QED) is 0.742. The van der Waals surface area contributed by atoms with Crippen LogP contribution in [0.1, 0.15) is 12.8 Å². The van der Waals surface area contributed by atoms with Crippen LogP contribution in [0.3, 0.4) is 0 Å². The van der Waals surface area contributed by atoms with Crippen LogP contribution < -0.4 is 0 Å². The van der Waals surface area contributed by atoms with Crippen molar-refractivity contribution in [3.63, 3.8) is 0 Å². The van der Waals surface area contributed by atoms with Gasteiger partial charge in [-0.1, -0.05) is 6.08 Å². The summed E-state index contributed by atoms with van der Waals surface area (Å²) in [6.07, 6.45) is 2.74. The smallest absolute Gasteiger partial charge is 0.310 e. The lowest BCUT2D eigenvalue weighted by Gasteiger charge is -2.43. The van der Waals surface area contributed by atoms with Gasteiger partial charge in [-0.3, -0.25) is 4.79 Å². The number of rotatable bonds is 3. The largest absolute Gasteiger partial charge is 0.461 e. The first kappa shape index (κ1) is 13.7. The highest BCUT2D eigenvalue weighted by Gasteiger charge is 2.39. The number of halogens is 2. The predicted octanol–water partition coefficient (Wildman–Crippen LogP) is 2.04. The Morgan fingerprint density at radius 1 is 1.30 bits per heavy atom. The summed E-state index contributed by atoms with van der Waals surface area (Å²) in [6, 6.07) is 0. The van der Waals surface area contributed by atoms with Crippen molar-refractivity contribution in [3.05, 3.63) is 23.8 Å². The Morgan fingerprint density at radius 3 is 2.65 bits per heavy atom. The fourth-order valence-corrected chi connectivity index (χ4v) is 3.26. The summed E-state index contributed by atoms with van der Waals surface area (Å²) in [5.74, 6) is 0.166. The molecule has 0 N–H and O–H groups in total. The van der Waals surface area contributed by atoms with E-state index in [4.69, 9.17) is 4.74 Å². The first-order valence-corrected chi connectivity index (χ1v) is 7.19. The summed E-state index contributed by atoms with van der Waals surface area (Å²) in [7, 11) is 0. The van der Waals surface area contributed by atoms with Gasteiger partial charge in [0.2, 0.25) is 0 Å². The molecule has 3 fully saturated rings.